The normalized spacial score (nSPS) is 17.2. The third-order valence-corrected chi connectivity index (χ3v) is 4.25. The number of thiocarbonyl (C=S) groups is 1. The van der Waals surface area contributed by atoms with E-state index in [2.05, 4.69) is 21.2 Å². The average Bonchev–Trinajstić information content (AvgIpc) is 2.77. The molecular weight excluding hydrogens is 331 g/mol. The van der Waals surface area contributed by atoms with E-state index in [0.717, 1.165) is 25.7 Å². The van der Waals surface area contributed by atoms with E-state index in [-0.39, 0.29) is 11.5 Å². The highest BCUT2D eigenvalue weighted by molar-refractivity contribution is 9.10. The maximum absolute atomic E-state index is 13.3. The highest BCUT2D eigenvalue weighted by Crippen LogP contribution is 2.30. The molecule has 3 N–H and O–H groups in total. The number of halogens is 2. The molecule has 1 aliphatic rings. The molecule has 0 unspecified atom stereocenters. The van der Waals surface area contributed by atoms with Gasteiger partial charge in [0.15, 0.2) is 0 Å². The Labute approximate surface area is 124 Å². The predicted molar refractivity (Wildman–Crippen MR) is 79.6 cm³/mol. The number of nitrogens with two attached hydrogens (primary N) is 1. The van der Waals surface area contributed by atoms with Crippen molar-refractivity contribution >= 4 is 39.0 Å². The first-order chi connectivity index (χ1) is 8.93. The van der Waals surface area contributed by atoms with Gasteiger partial charge in [-0.1, -0.05) is 41.0 Å². The summed E-state index contributed by atoms with van der Waals surface area (Å²) < 4.78 is 13.8. The molecular formula is C13H14BrFN2OS. The number of carbonyl (C=O) groups is 1. The first kappa shape index (κ1) is 14.4. The average molecular weight is 345 g/mol. The van der Waals surface area contributed by atoms with Crippen LogP contribution >= 0.6 is 28.1 Å². The molecule has 0 aromatic heterocycles. The van der Waals surface area contributed by atoms with E-state index in [4.69, 9.17) is 18.0 Å². The molecule has 0 bridgehead atoms. The third kappa shape index (κ3) is 3.12. The van der Waals surface area contributed by atoms with Crippen molar-refractivity contribution in [1.82, 2.24) is 5.32 Å². The van der Waals surface area contributed by atoms with Crippen molar-refractivity contribution < 1.29 is 9.18 Å². The van der Waals surface area contributed by atoms with Gasteiger partial charge in [-0.25, -0.2) is 4.39 Å². The third-order valence-electron chi connectivity index (χ3n) is 3.41. The van der Waals surface area contributed by atoms with E-state index < -0.39 is 11.4 Å². The zero-order valence-electron chi connectivity index (χ0n) is 10.2. The van der Waals surface area contributed by atoms with Crippen LogP contribution in [-0.4, -0.2) is 16.4 Å². The highest BCUT2D eigenvalue weighted by atomic mass is 79.9. The monoisotopic (exact) mass is 344 g/mol. The van der Waals surface area contributed by atoms with Crippen molar-refractivity contribution in [2.45, 2.75) is 31.2 Å². The maximum atomic E-state index is 13.3. The van der Waals surface area contributed by atoms with Crippen LogP contribution in [0.5, 0.6) is 0 Å². The molecule has 1 aromatic carbocycles. The largest absolute Gasteiger partial charge is 0.391 e. The van der Waals surface area contributed by atoms with Gasteiger partial charge in [0.1, 0.15) is 5.82 Å². The molecule has 102 valence electrons. The molecule has 1 aromatic rings. The van der Waals surface area contributed by atoms with E-state index >= 15 is 0 Å². The van der Waals surface area contributed by atoms with Gasteiger partial charge in [-0.3, -0.25) is 4.79 Å². The minimum atomic E-state index is -0.620. The number of hydrogen-bond donors (Lipinski definition) is 2. The van der Waals surface area contributed by atoms with Gasteiger partial charge in [-0.05, 0) is 31.0 Å². The molecule has 0 spiro atoms. The fourth-order valence-corrected chi connectivity index (χ4v) is 3.11. The van der Waals surface area contributed by atoms with Gasteiger partial charge >= 0.3 is 0 Å². The second kappa shape index (κ2) is 5.54. The van der Waals surface area contributed by atoms with Crippen LogP contribution in [0.2, 0.25) is 0 Å². The van der Waals surface area contributed by atoms with Gasteiger partial charge < -0.3 is 11.1 Å². The zero-order chi connectivity index (χ0) is 14.0. The van der Waals surface area contributed by atoms with Crippen molar-refractivity contribution in [1.29, 1.82) is 0 Å². The molecule has 0 radical (unpaired) electrons. The van der Waals surface area contributed by atoms with Crippen LogP contribution in [0, 0.1) is 5.82 Å². The van der Waals surface area contributed by atoms with E-state index in [1.807, 2.05) is 0 Å². The van der Waals surface area contributed by atoms with Gasteiger partial charge in [0.05, 0.1) is 10.5 Å². The molecule has 6 heteroatoms. The molecule has 0 aliphatic heterocycles. The van der Waals surface area contributed by atoms with E-state index in [9.17, 15) is 9.18 Å². The van der Waals surface area contributed by atoms with Gasteiger partial charge in [-0.2, -0.15) is 0 Å². The second-order valence-electron chi connectivity index (χ2n) is 4.77. The highest BCUT2D eigenvalue weighted by Gasteiger charge is 2.38. The molecule has 0 saturated heterocycles. The number of rotatable bonds is 3. The minimum Gasteiger partial charge on any atom is -0.391 e. The maximum Gasteiger partial charge on any atom is 0.252 e. The fraction of sp³-hybridized carbons (Fsp3) is 0.385. The molecule has 0 atom stereocenters. The number of hydrogen-bond acceptors (Lipinski definition) is 2. The quantitative estimate of drug-likeness (QED) is 0.829. The van der Waals surface area contributed by atoms with Crippen LogP contribution < -0.4 is 11.1 Å². The summed E-state index contributed by atoms with van der Waals surface area (Å²) in [7, 11) is 0. The Morgan fingerprint density at radius 2 is 2.00 bits per heavy atom. The van der Waals surface area contributed by atoms with E-state index in [1.165, 1.54) is 12.1 Å². The SMILES string of the molecule is NC(=S)C1(NC(=O)c2cc(F)cc(Br)c2)CCCC1. The molecule has 3 nitrogen and oxygen atoms in total. The Bertz CT molecular complexity index is 509. The molecule has 1 saturated carbocycles. The Hall–Kier alpha value is -1.01. The zero-order valence-corrected chi connectivity index (χ0v) is 12.6. The molecule has 1 amide bonds. The minimum absolute atomic E-state index is 0.259. The summed E-state index contributed by atoms with van der Waals surface area (Å²) in [4.78, 5) is 12.5. The lowest BCUT2D eigenvalue weighted by Gasteiger charge is -2.29. The van der Waals surface area contributed by atoms with Gasteiger partial charge in [-0.15, -0.1) is 0 Å². The second-order valence-corrected chi connectivity index (χ2v) is 6.12. The molecule has 1 fully saturated rings. The summed E-state index contributed by atoms with van der Waals surface area (Å²) in [6.45, 7) is 0. The fourth-order valence-electron chi connectivity index (χ4n) is 2.39. The number of nitrogens with one attached hydrogen (secondary N) is 1. The Kier molecular flexibility index (Phi) is 4.20. The van der Waals surface area contributed by atoms with Crippen LogP contribution in [0.1, 0.15) is 36.0 Å². The van der Waals surface area contributed by atoms with Crippen LogP contribution in [0.3, 0.4) is 0 Å². The van der Waals surface area contributed by atoms with Crippen LogP contribution in [0.4, 0.5) is 4.39 Å². The lowest BCUT2D eigenvalue weighted by atomic mass is 9.97. The van der Waals surface area contributed by atoms with Crippen molar-refractivity contribution in [3.63, 3.8) is 0 Å². The molecule has 0 heterocycles. The van der Waals surface area contributed by atoms with Crippen molar-refractivity contribution in [3.05, 3.63) is 34.1 Å². The summed E-state index contributed by atoms with van der Waals surface area (Å²) in [5, 5.41) is 2.87. The number of amides is 1. The summed E-state index contributed by atoms with van der Waals surface area (Å²) in [5.41, 5.74) is 5.39. The topological polar surface area (TPSA) is 55.1 Å². The smallest absolute Gasteiger partial charge is 0.252 e. The Morgan fingerprint density at radius 3 is 2.53 bits per heavy atom. The molecule has 2 rings (SSSR count). The van der Waals surface area contributed by atoms with Gasteiger partial charge in [0, 0.05) is 10.0 Å². The first-order valence-electron chi connectivity index (χ1n) is 6.01. The van der Waals surface area contributed by atoms with Crippen LogP contribution in [0.15, 0.2) is 22.7 Å². The number of benzene rings is 1. The van der Waals surface area contributed by atoms with Crippen molar-refractivity contribution in [2.75, 3.05) is 0 Å². The lowest BCUT2D eigenvalue weighted by Crippen LogP contribution is -2.54. The number of carbonyl (C=O) groups excluding carboxylic acids is 1. The summed E-state index contributed by atoms with van der Waals surface area (Å²) >= 11 is 8.23. The summed E-state index contributed by atoms with van der Waals surface area (Å²) in [6, 6.07) is 4.07. The van der Waals surface area contributed by atoms with Crippen molar-refractivity contribution in [2.24, 2.45) is 5.73 Å². The van der Waals surface area contributed by atoms with Gasteiger partial charge in [0.2, 0.25) is 0 Å². The van der Waals surface area contributed by atoms with Crippen molar-refractivity contribution in [3.8, 4) is 0 Å². The Morgan fingerprint density at radius 1 is 1.37 bits per heavy atom. The summed E-state index contributed by atoms with van der Waals surface area (Å²) in [6.07, 6.45) is 3.43. The van der Waals surface area contributed by atoms with E-state index in [0.29, 0.717) is 9.46 Å². The Balaban J connectivity index is 2.22. The van der Waals surface area contributed by atoms with Crippen LogP contribution in [0.25, 0.3) is 0 Å². The van der Waals surface area contributed by atoms with Gasteiger partial charge in [0.25, 0.3) is 5.91 Å². The predicted octanol–water partition coefficient (Wildman–Crippen LogP) is 2.92. The molecule has 19 heavy (non-hydrogen) atoms. The van der Waals surface area contributed by atoms with E-state index in [1.54, 1.807) is 6.07 Å². The molecule has 1 aliphatic carbocycles. The lowest BCUT2D eigenvalue weighted by molar-refractivity contribution is 0.0924. The van der Waals surface area contributed by atoms with Crippen LogP contribution in [-0.2, 0) is 0 Å². The summed E-state index contributed by atoms with van der Waals surface area (Å²) in [5.74, 6) is -0.815. The standard InChI is InChI=1S/C13H14BrFN2OS/c14-9-5-8(6-10(15)7-9)11(18)17-13(12(16)19)3-1-2-4-13/h5-7H,1-4H2,(H2,16,19)(H,17,18). The first-order valence-corrected chi connectivity index (χ1v) is 7.22.